The molecule has 0 bridgehead atoms. The fraction of sp³-hybridized carbons (Fsp3) is 0.812. The lowest BCUT2D eigenvalue weighted by atomic mass is 9.86. The quantitative estimate of drug-likeness (QED) is 0.796. The monoisotopic (exact) mass is 264 g/mol. The van der Waals surface area contributed by atoms with Crippen LogP contribution in [0.25, 0.3) is 0 Å². The second-order valence-corrected chi connectivity index (χ2v) is 6.36. The SMILES string of the molecule is C/C(=C\NC(=O)NC1CCCCC1C)C1CCCC1. The maximum absolute atomic E-state index is 11.9. The Kier molecular flexibility index (Phi) is 5.29. The maximum atomic E-state index is 11.9. The molecule has 0 spiro atoms. The molecule has 108 valence electrons. The average molecular weight is 264 g/mol. The van der Waals surface area contributed by atoms with Crippen molar-refractivity contribution < 1.29 is 4.79 Å². The van der Waals surface area contributed by atoms with Crippen LogP contribution in [0.5, 0.6) is 0 Å². The van der Waals surface area contributed by atoms with Gasteiger partial charge in [0.05, 0.1) is 0 Å². The van der Waals surface area contributed by atoms with Gasteiger partial charge in [-0.2, -0.15) is 0 Å². The van der Waals surface area contributed by atoms with Gasteiger partial charge in [-0.3, -0.25) is 0 Å². The van der Waals surface area contributed by atoms with Crippen molar-refractivity contribution >= 4 is 6.03 Å². The third-order valence-corrected chi connectivity index (χ3v) is 4.86. The van der Waals surface area contributed by atoms with Crippen LogP contribution in [0.3, 0.4) is 0 Å². The molecule has 0 aromatic carbocycles. The van der Waals surface area contributed by atoms with Crippen molar-refractivity contribution in [3.8, 4) is 0 Å². The molecule has 19 heavy (non-hydrogen) atoms. The summed E-state index contributed by atoms with van der Waals surface area (Å²) in [7, 11) is 0. The van der Waals surface area contributed by atoms with Gasteiger partial charge in [0, 0.05) is 12.2 Å². The van der Waals surface area contributed by atoms with Gasteiger partial charge in [0.2, 0.25) is 0 Å². The van der Waals surface area contributed by atoms with E-state index in [9.17, 15) is 4.79 Å². The summed E-state index contributed by atoms with van der Waals surface area (Å²) in [6.07, 6.45) is 12.1. The number of urea groups is 1. The molecule has 3 nitrogen and oxygen atoms in total. The highest BCUT2D eigenvalue weighted by molar-refractivity contribution is 5.75. The summed E-state index contributed by atoms with van der Waals surface area (Å²) in [4.78, 5) is 11.9. The molecule has 2 aliphatic carbocycles. The third-order valence-electron chi connectivity index (χ3n) is 4.86. The Hall–Kier alpha value is -0.990. The van der Waals surface area contributed by atoms with E-state index in [1.165, 1.54) is 50.5 Å². The lowest BCUT2D eigenvalue weighted by molar-refractivity contribution is 0.224. The predicted octanol–water partition coefficient (Wildman–Crippen LogP) is 3.96. The normalized spacial score (nSPS) is 29.3. The number of hydrogen-bond acceptors (Lipinski definition) is 1. The Morgan fingerprint density at radius 2 is 1.68 bits per heavy atom. The smallest absolute Gasteiger partial charge is 0.318 e. The first-order chi connectivity index (χ1) is 9.16. The summed E-state index contributed by atoms with van der Waals surface area (Å²) in [6.45, 7) is 4.38. The molecule has 0 aliphatic heterocycles. The zero-order valence-corrected chi connectivity index (χ0v) is 12.4. The van der Waals surface area contributed by atoms with Gasteiger partial charge in [0.25, 0.3) is 0 Å². The minimum atomic E-state index is -0.0314. The molecule has 2 atom stereocenters. The average Bonchev–Trinajstić information content (AvgIpc) is 2.93. The first-order valence-electron chi connectivity index (χ1n) is 7.90. The lowest BCUT2D eigenvalue weighted by Gasteiger charge is -2.29. The van der Waals surface area contributed by atoms with Crippen LogP contribution in [-0.4, -0.2) is 12.1 Å². The van der Waals surface area contributed by atoms with Crippen molar-refractivity contribution in [1.29, 1.82) is 0 Å². The lowest BCUT2D eigenvalue weighted by Crippen LogP contribution is -2.44. The zero-order chi connectivity index (χ0) is 13.7. The Bertz CT molecular complexity index is 332. The summed E-state index contributed by atoms with van der Waals surface area (Å²) >= 11 is 0. The van der Waals surface area contributed by atoms with Gasteiger partial charge in [-0.15, -0.1) is 0 Å². The molecule has 2 amide bonds. The highest BCUT2D eigenvalue weighted by Crippen LogP contribution is 2.30. The summed E-state index contributed by atoms with van der Waals surface area (Å²) in [6, 6.07) is 0.324. The molecule has 2 aliphatic rings. The fourth-order valence-corrected chi connectivity index (χ4v) is 3.42. The Labute approximate surface area is 117 Å². The van der Waals surface area contributed by atoms with Crippen molar-refractivity contribution in [2.24, 2.45) is 11.8 Å². The standard InChI is InChI=1S/C16H28N2O/c1-12-7-3-6-10-15(12)18-16(19)17-11-13(2)14-8-4-5-9-14/h11-12,14-15H,3-10H2,1-2H3,(H2,17,18,19)/b13-11+. The van der Waals surface area contributed by atoms with Gasteiger partial charge >= 0.3 is 6.03 Å². The van der Waals surface area contributed by atoms with Crippen LogP contribution in [-0.2, 0) is 0 Å². The van der Waals surface area contributed by atoms with Crippen molar-refractivity contribution in [3.63, 3.8) is 0 Å². The van der Waals surface area contributed by atoms with Gasteiger partial charge in [-0.05, 0) is 44.4 Å². The molecule has 0 aromatic rings. The number of allylic oxidation sites excluding steroid dienone is 1. The van der Waals surface area contributed by atoms with Crippen molar-refractivity contribution in [1.82, 2.24) is 10.6 Å². The van der Waals surface area contributed by atoms with Gasteiger partial charge in [-0.25, -0.2) is 4.79 Å². The number of carbonyl (C=O) groups excluding carboxylic acids is 1. The Balaban J connectivity index is 1.75. The van der Waals surface area contributed by atoms with Gasteiger partial charge in [-0.1, -0.05) is 38.2 Å². The van der Waals surface area contributed by atoms with E-state index in [-0.39, 0.29) is 6.03 Å². The molecule has 2 saturated carbocycles. The Morgan fingerprint density at radius 1 is 1.05 bits per heavy atom. The molecule has 0 heterocycles. The topological polar surface area (TPSA) is 41.1 Å². The molecule has 2 unspecified atom stereocenters. The summed E-state index contributed by atoms with van der Waals surface area (Å²) in [5.74, 6) is 1.30. The maximum Gasteiger partial charge on any atom is 0.318 e. The minimum Gasteiger partial charge on any atom is -0.335 e. The van der Waals surface area contributed by atoms with Crippen molar-refractivity contribution in [2.45, 2.75) is 71.3 Å². The second-order valence-electron chi connectivity index (χ2n) is 6.36. The third kappa shape index (κ3) is 4.26. The van der Waals surface area contributed by atoms with E-state index in [1.807, 2.05) is 6.20 Å². The molecule has 2 rings (SSSR count). The van der Waals surface area contributed by atoms with Gasteiger partial charge < -0.3 is 10.6 Å². The largest absolute Gasteiger partial charge is 0.335 e. The number of nitrogens with one attached hydrogen (secondary N) is 2. The van der Waals surface area contributed by atoms with Crippen molar-refractivity contribution in [2.75, 3.05) is 0 Å². The van der Waals surface area contributed by atoms with E-state index in [0.717, 1.165) is 6.42 Å². The fourth-order valence-electron chi connectivity index (χ4n) is 3.42. The molecular weight excluding hydrogens is 236 g/mol. The summed E-state index contributed by atoms with van der Waals surface area (Å²) < 4.78 is 0. The van der Waals surface area contributed by atoms with Crippen LogP contribution in [0.1, 0.15) is 65.2 Å². The van der Waals surface area contributed by atoms with Crippen LogP contribution < -0.4 is 10.6 Å². The van der Waals surface area contributed by atoms with E-state index in [0.29, 0.717) is 17.9 Å². The van der Waals surface area contributed by atoms with Crippen LogP contribution >= 0.6 is 0 Å². The molecule has 0 radical (unpaired) electrons. The summed E-state index contributed by atoms with van der Waals surface area (Å²) in [5.41, 5.74) is 1.32. The predicted molar refractivity (Wildman–Crippen MR) is 78.8 cm³/mol. The minimum absolute atomic E-state index is 0.0314. The zero-order valence-electron chi connectivity index (χ0n) is 12.4. The molecule has 0 aromatic heterocycles. The first kappa shape index (κ1) is 14.4. The molecule has 2 fully saturated rings. The number of carbonyl (C=O) groups is 1. The van der Waals surface area contributed by atoms with Crippen LogP contribution in [0, 0.1) is 11.8 Å². The molecule has 0 saturated heterocycles. The van der Waals surface area contributed by atoms with E-state index in [4.69, 9.17) is 0 Å². The van der Waals surface area contributed by atoms with E-state index in [2.05, 4.69) is 24.5 Å². The number of hydrogen-bond donors (Lipinski definition) is 2. The van der Waals surface area contributed by atoms with Crippen molar-refractivity contribution in [3.05, 3.63) is 11.8 Å². The molecule has 2 N–H and O–H groups in total. The van der Waals surface area contributed by atoms with Gasteiger partial charge in [0.1, 0.15) is 0 Å². The summed E-state index contributed by atoms with van der Waals surface area (Å²) in [5, 5.41) is 6.04. The highest BCUT2D eigenvalue weighted by Gasteiger charge is 2.22. The van der Waals surface area contributed by atoms with Crippen LogP contribution in [0.4, 0.5) is 4.79 Å². The highest BCUT2D eigenvalue weighted by atomic mass is 16.2. The molecule has 3 heteroatoms. The van der Waals surface area contributed by atoms with E-state index in [1.54, 1.807) is 0 Å². The van der Waals surface area contributed by atoms with Crippen LogP contribution in [0.15, 0.2) is 11.8 Å². The number of rotatable bonds is 3. The van der Waals surface area contributed by atoms with E-state index < -0.39 is 0 Å². The first-order valence-corrected chi connectivity index (χ1v) is 7.90. The van der Waals surface area contributed by atoms with E-state index >= 15 is 0 Å². The van der Waals surface area contributed by atoms with Crippen LogP contribution in [0.2, 0.25) is 0 Å². The van der Waals surface area contributed by atoms with Gasteiger partial charge in [0.15, 0.2) is 0 Å². The molecular formula is C16H28N2O. The number of amides is 2. The Morgan fingerprint density at radius 3 is 2.37 bits per heavy atom. The second kappa shape index (κ2) is 6.97.